The number of carbonyl (C=O) groups excluding carboxylic acids is 1. The smallest absolute Gasteiger partial charge is 0.253 e. The number of hydrogen-bond donors (Lipinski definition) is 0. The van der Waals surface area contributed by atoms with E-state index in [1.165, 1.54) is 0 Å². The molecule has 0 saturated carbocycles. The number of fused-ring (bicyclic) bond motifs is 1. The molecule has 0 bridgehead atoms. The van der Waals surface area contributed by atoms with E-state index in [4.69, 9.17) is 4.74 Å². The van der Waals surface area contributed by atoms with Crippen molar-refractivity contribution in [2.75, 3.05) is 13.2 Å². The van der Waals surface area contributed by atoms with Gasteiger partial charge in [0.1, 0.15) is 5.41 Å². The molecule has 4 rings (SSSR count). The molecule has 0 N–H and O–H groups in total. The van der Waals surface area contributed by atoms with Crippen molar-refractivity contribution in [3.05, 3.63) is 70.2 Å². The van der Waals surface area contributed by atoms with E-state index in [1.807, 2.05) is 54.6 Å². The average molecular weight is 316 g/mol. The van der Waals surface area contributed by atoms with Gasteiger partial charge < -0.3 is 4.74 Å². The molecule has 0 aliphatic carbocycles. The van der Waals surface area contributed by atoms with Crippen LogP contribution >= 0.6 is 0 Å². The molecule has 0 radical (unpaired) electrons. The van der Waals surface area contributed by atoms with E-state index < -0.39 is 5.41 Å². The molecule has 2 heterocycles. The summed E-state index contributed by atoms with van der Waals surface area (Å²) < 4.78 is 5.20. The van der Waals surface area contributed by atoms with Crippen molar-refractivity contribution < 1.29 is 9.53 Å². The summed E-state index contributed by atoms with van der Waals surface area (Å²) >= 11 is 0. The Labute approximate surface area is 139 Å². The third kappa shape index (κ3) is 2.44. The molecule has 1 atom stereocenters. The van der Waals surface area contributed by atoms with Crippen LogP contribution in [0.3, 0.4) is 0 Å². The zero-order valence-corrected chi connectivity index (χ0v) is 13.1. The standard InChI is InChI=1S/C20H16N2O2/c21-11-20(12-24-13-20)17-7-5-14(6-8-17)9-16-10-15-3-1-2-4-18(15)22-19(16)23/h1-8,10,16H,9,12-13H2. The average Bonchev–Trinajstić information content (AvgIpc) is 2.56. The highest BCUT2D eigenvalue weighted by atomic mass is 16.5. The molecule has 2 aromatic rings. The fraction of sp³-hybridized carbons (Fsp3) is 0.250. The van der Waals surface area contributed by atoms with Crippen molar-refractivity contribution in [3.8, 4) is 6.07 Å². The van der Waals surface area contributed by atoms with Crippen LogP contribution in [-0.2, 0) is 21.4 Å². The van der Waals surface area contributed by atoms with Gasteiger partial charge in [-0.2, -0.15) is 5.26 Å². The van der Waals surface area contributed by atoms with Crippen molar-refractivity contribution in [1.82, 2.24) is 0 Å². The Morgan fingerprint density at radius 2 is 1.92 bits per heavy atom. The second-order valence-electron chi connectivity index (χ2n) is 6.37. The minimum Gasteiger partial charge on any atom is -0.377 e. The first-order chi connectivity index (χ1) is 11.7. The van der Waals surface area contributed by atoms with Gasteiger partial charge in [-0.05, 0) is 28.8 Å². The molecular weight excluding hydrogens is 300 g/mol. The second kappa shape index (κ2) is 5.70. The van der Waals surface area contributed by atoms with Crippen molar-refractivity contribution in [1.29, 1.82) is 5.26 Å². The van der Waals surface area contributed by atoms with Gasteiger partial charge in [0, 0.05) is 0 Å². The number of nitrogens with zero attached hydrogens (tertiary/aromatic N) is 2. The molecule has 2 aromatic carbocycles. The van der Waals surface area contributed by atoms with E-state index in [0.29, 0.717) is 19.6 Å². The molecule has 1 amide bonds. The monoisotopic (exact) mass is 316 g/mol. The van der Waals surface area contributed by atoms with E-state index in [0.717, 1.165) is 21.7 Å². The topological polar surface area (TPSA) is 62.5 Å². The van der Waals surface area contributed by atoms with Gasteiger partial charge >= 0.3 is 0 Å². The lowest BCUT2D eigenvalue weighted by molar-refractivity contribution is -0.120. The summed E-state index contributed by atoms with van der Waals surface area (Å²) in [6, 6.07) is 18.0. The van der Waals surface area contributed by atoms with Gasteiger partial charge in [-0.15, -0.1) is 0 Å². The van der Waals surface area contributed by atoms with Crippen LogP contribution in [0.15, 0.2) is 53.5 Å². The molecule has 1 fully saturated rings. The minimum atomic E-state index is -0.500. The maximum atomic E-state index is 12.2. The Morgan fingerprint density at radius 1 is 1.17 bits per heavy atom. The van der Waals surface area contributed by atoms with Gasteiger partial charge in [-0.25, -0.2) is 4.99 Å². The lowest BCUT2D eigenvalue weighted by Gasteiger charge is -2.35. The molecule has 4 nitrogen and oxygen atoms in total. The van der Waals surface area contributed by atoms with E-state index in [1.54, 1.807) is 0 Å². The Morgan fingerprint density at radius 3 is 2.58 bits per heavy atom. The van der Waals surface area contributed by atoms with Gasteiger partial charge in [0.2, 0.25) is 0 Å². The summed E-state index contributed by atoms with van der Waals surface area (Å²) in [5.74, 6) is -0.332. The van der Waals surface area contributed by atoms with Gasteiger partial charge in [-0.3, -0.25) is 4.79 Å². The van der Waals surface area contributed by atoms with Crippen LogP contribution in [-0.4, -0.2) is 19.1 Å². The van der Waals surface area contributed by atoms with E-state index >= 15 is 0 Å². The van der Waals surface area contributed by atoms with Crippen LogP contribution < -0.4 is 10.6 Å². The fourth-order valence-corrected chi connectivity index (χ4v) is 3.18. The molecule has 4 heteroatoms. The van der Waals surface area contributed by atoms with Crippen LogP contribution in [0.4, 0.5) is 0 Å². The third-order valence-corrected chi connectivity index (χ3v) is 4.74. The van der Waals surface area contributed by atoms with Crippen LogP contribution in [0, 0.1) is 17.2 Å². The quantitative estimate of drug-likeness (QED) is 0.857. The molecule has 1 saturated heterocycles. The summed E-state index contributed by atoms with van der Waals surface area (Å²) in [5, 5.41) is 11.1. The molecule has 2 aliphatic rings. The predicted octanol–water partition coefficient (Wildman–Crippen LogP) is 1.28. The highest BCUT2D eigenvalue weighted by Gasteiger charge is 2.40. The van der Waals surface area contributed by atoms with Gasteiger partial charge in [0.15, 0.2) is 0 Å². The summed E-state index contributed by atoms with van der Waals surface area (Å²) in [5.41, 5.74) is 1.55. The molecule has 118 valence electrons. The fourth-order valence-electron chi connectivity index (χ4n) is 3.18. The Balaban J connectivity index is 1.57. The molecule has 0 spiro atoms. The number of hydrogen-bond acceptors (Lipinski definition) is 3. The summed E-state index contributed by atoms with van der Waals surface area (Å²) in [4.78, 5) is 16.4. The SMILES string of the molecule is N#CC1(c2ccc(CC3C=c4ccccc4=NC3=O)cc2)COC1. The van der Waals surface area contributed by atoms with Crippen LogP contribution in [0.5, 0.6) is 0 Å². The Kier molecular flexibility index (Phi) is 3.51. The van der Waals surface area contributed by atoms with Gasteiger partial charge in [0.05, 0.1) is 30.6 Å². The third-order valence-electron chi connectivity index (χ3n) is 4.74. The van der Waals surface area contributed by atoms with E-state index in [9.17, 15) is 10.1 Å². The number of amides is 1. The second-order valence-corrected chi connectivity index (χ2v) is 6.37. The Bertz CT molecular complexity index is 950. The van der Waals surface area contributed by atoms with Crippen LogP contribution in [0.25, 0.3) is 6.08 Å². The normalized spacial score (nSPS) is 20.8. The highest BCUT2D eigenvalue weighted by Crippen LogP contribution is 2.31. The lowest BCUT2D eigenvalue weighted by atomic mass is 9.79. The first-order valence-corrected chi connectivity index (χ1v) is 7.98. The van der Waals surface area contributed by atoms with Crippen molar-refractivity contribution in [2.45, 2.75) is 11.8 Å². The highest BCUT2D eigenvalue weighted by molar-refractivity contribution is 5.86. The molecular formula is C20H16N2O2. The number of carbonyl (C=O) groups is 1. The summed E-state index contributed by atoms with van der Waals surface area (Å²) in [6.45, 7) is 0.904. The van der Waals surface area contributed by atoms with E-state index in [2.05, 4.69) is 11.1 Å². The van der Waals surface area contributed by atoms with Crippen molar-refractivity contribution in [3.63, 3.8) is 0 Å². The maximum absolute atomic E-state index is 12.2. The van der Waals surface area contributed by atoms with Gasteiger partial charge in [-0.1, -0.05) is 48.5 Å². The van der Waals surface area contributed by atoms with Crippen molar-refractivity contribution in [2.24, 2.45) is 10.9 Å². The number of benzene rings is 2. The van der Waals surface area contributed by atoms with Crippen LogP contribution in [0.2, 0.25) is 0 Å². The minimum absolute atomic E-state index is 0.0985. The maximum Gasteiger partial charge on any atom is 0.253 e. The number of nitriles is 1. The molecule has 24 heavy (non-hydrogen) atoms. The Hall–Kier alpha value is -2.77. The molecule has 0 aromatic heterocycles. The summed E-state index contributed by atoms with van der Waals surface area (Å²) in [7, 11) is 0. The number of rotatable bonds is 3. The first-order valence-electron chi connectivity index (χ1n) is 7.98. The lowest BCUT2D eigenvalue weighted by Crippen LogP contribution is -2.45. The summed E-state index contributed by atoms with van der Waals surface area (Å²) in [6.07, 6.45) is 2.61. The van der Waals surface area contributed by atoms with E-state index in [-0.39, 0.29) is 11.8 Å². The zero-order valence-electron chi connectivity index (χ0n) is 13.1. The number of para-hydroxylation sites is 1. The zero-order chi connectivity index (χ0) is 16.6. The van der Waals surface area contributed by atoms with Gasteiger partial charge in [0.25, 0.3) is 5.91 Å². The predicted molar refractivity (Wildman–Crippen MR) is 88.4 cm³/mol. The number of ether oxygens (including phenoxy) is 1. The first kappa shape index (κ1) is 14.8. The van der Waals surface area contributed by atoms with Crippen molar-refractivity contribution >= 4 is 12.0 Å². The van der Waals surface area contributed by atoms with Crippen LogP contribution in [0.1, 0.15) is 11.1 Å². The molecule has 2 aliphatic heterocycles. The largest absolute Gasteiger partial charge is 0.377 e. The molecule has 1 unspecified atom stereocenters.